The number of hydrogen-bond donors (Lipinski definition) is 0. The Labute approximate surface area is 88.0 Å². The summed E-state index contributed by atoms with van der Waals surface area (Å²) < 4.78 is 5.59. The number of amides is 1. The maximum atomic E-state index is 11.3. The number of methoxy groups -OCH3 is 1. The average Bonchev–Trinajstić information content (AvgIpc) is 2.48. The molecular weight excluding hydrogens is 251 g/mol. The van der Waals surface area contributed by atoms with E-state index in [1.54, 1.807) is 4.90 Å². The van der Waals surface area contributed by atoms with Crippen LogP contribution in [0.4, 0.5) is 0 Å². The van der Waals surface area contributed by atoms with Gasteiger partial charge in [0.05, 0.1) is 0 Å². The molecule has 14 heavy (non-hydrogen) atoms. The van der Waals surface area contributed by atoms with Crippen LogP contribution < -0.4 is 0 Å². The van der Waals surface area contributed by atoms with E-state index in [4.69, 9.17) is 0 Å². The van der Waals surface area contributed by atoms with E-state index in [2.05, 4.69) is 9.73 Å². The molecule has 0 unspecified atom stereocenters. The van der Waals surface area contributed by atoms with Crippen LogP contribution in [0, 0.1) is 0 Å². The molecule has 1 heterocycles. The molecule has 0 aliphatic carbocycles. The van der Waals surface area contributed by atoms with E-state index < -0.39 is 5.97 Å². The summed E-state index contributed by atoms with van der Waals surface area (Å²) in [5.41, 5.74) is 0. The quantitative estimate of drug-likeness (QED) is 0.352. The second-order valence-electron chi connectivity index (χ2n) is 2.73. The van der Waals surface area contributed by atoms with Crippen molar-refractivity contribution in [3.63, 3.8) is 0 Å². The summed E-state index contributed by atoms with van der Waals surface area (Å²) in [6, 6.07) is 0. The van der Waals surface area contributed by atoms with E-state index in [1.807, 2.05) is 14.1 Å². The molecule has 0 radical (unpaired) electrons. The Morgan fingerprint density at radius 3 is 2.64 bits per heavy atom. The van der Waals surface area contributed by atoms with E-state index in [9.17, 15) is 9.59 Å². The first-order valence-electron chi connectivity index (χ1n) is 3.82. The molecule has 0 atom stereocenters. The Bertz CT molecular complexity index is 333. The molecule has 0 saturated carbocycles. The Balaban J connectivity index is 2.77. The zero-order valence-electron chi connectivity index (χ0n) is 8.10. The van der Waals surface area contributed by atoms with Gasteiger partial charge in [-0.05, 0) is 0 Å². The summed E-state index contributed by atoms with van der Waals surface area (Å²) in [6.07, 6.45) is 1.21. The summed E-state index contributed by atoms with van der Waals surface area (Å²) >= 11 is -0.186. The third-order valence-corrected chi connectivity index (χ3v) is 3.86. The Hall–Kier alpha value is -1.13. The van der Waals surface area contributed by atoms with Crippen molar-refractivity contribution in [2.45, 2.75) is 0 Å². The molecule has 0 N–H and O–H groups in total. The van der Waals surface area contributed by atoms with Crippen LogP contribution >= 0.6 is 0 Å². The Morgan fingerprint density at radius 1 is 1.57 bits per heavy atom. The van der Waals surface area contributed by atoms with Crippen LogP contribution in [-0.2, 0) is 14.3 Å². The first-order valence-corrected chi connectivity index (χ1v) is 5.53. The van der Waals surface area contributed by atoms with Crippen molar-refractivity contribution in [1.82, 2.24) is 4.90 Å². The molecule has 0 aromatic carbocycles. The van der Waals surface area contributed by atoms with Crippen LogP contribution in [0.3, 0.4) is 0 Å². The second kappa shape index (κ2) is 4.39. The number of carbonyl (C=O) groups is 2. The number of hydrogen-bond acceptors (Lipinski definition) is 4. The number of rotatable bonds is 1. The molecule has 0 spiro atoms. The van der Waals surface area contributed by atoms with Crippen molar-refractivity contribution in [3.05, 3.63) is 10.5 Å². The van der Waals surface area contributed by atoms with Crippen molar-refractivity contribution in [3.8, 4) is 0 Å². The zero-order valence-corrected chi connectivity index (χ0v) is 9.82. The fourth-order valence-corrected chi connectivity index (χ4v) is 2.43. The molecular formula is C8H10N2O3Se. The molecule has 0 bridgehead atoms. The van der Waals surface area contributed by atoms with Crippen molar-refractivity contribution >= 4 is 31.6 Å². The molecule has 1 aliphatic heterocycles. The normalized spacial score (nSPS) is 18.4. The van der Waals surface area contributed by atoms with Gasteiger partial charge in [0.25, 0.3) is 0 Å². The van der Waals surface area contributed by atoms with Gasteiger partial charge in [-0.1, -0.05) is 0 Å². The first kappa shape index (κ1) is 10.9. The monoisotopic (exact) mass is 262 g/mol. The number of nitrogens with zero attached hydrogens (tertiary/aromatic N) is 2. The van der Waals surface area contributed by atoms with E-state index in [0.29, 0.717) is 4.47 Å². The van der Waals surface area contributed by atoms with Crippen LogP contribution in [0.1, 0.15) is 0 Å². The molecule has 0 aromatic rings. The van der Waals surface area contributed by atoms with Crippen molar-refractivity contribution < 1.29 is 14.3 Å². The van der Waals surface area contributed by atoms with Crippen molar-refractivity contribution in [2.24, 2.45) is 4.99 Å². The van der Waals surface area contributed by atoms with E-state index in [1.165, 1.54) is 13.2 Å². The predicted molar refractivity (Wildman–Crippen MR) is 52.0 cm³/mol. The van der Waals surface area contributed by atoms with Gasteiger partial charge in [0.15, 0.2) is 0 Å². The zero-order chi connectivity index (χ0) is 10.7. The van der Waals surface area contributed by atoms with Crippen LogP contribution in [0.2, 0.25) is 0 Å². The van der Waals surface area contributed by atoms with Crippen LogP contribution in [0.15, 0.2) is 15.5 Å². The average molecular weight is 261 g/mol. The van der Waals surface area contributed by atoms with E-state index >= 15 is 0 Å². The summed E-state index contributed by atoms with van der Waals surface area (Å²) in [4.78, 5) is 27.7. The molecule has 0 aromatic heterocycles. The summed E-state index contributed by atoms with van der Waals surface area (Å²) in [5.74, 6) is -0.843. The second-order valence-corrected chi connectivity index (χ2v) is 4.84. The van der Waals surface area contributed by atoms with E-state index in [-0.39, 0.29) is 20.9 Å². The molecule has 5 nitrogen and oxygen atoms in total. The van der Waals surface area contributed by atoms with Gasteiger partial charge in [-0.25, -0.2) is 0 Å². The number of esters is 1. The topological polar surface area (TPSA) is 59.0 Å². The van der Waals surface area contributed by atoms with Gasteiger partial charge in [-0.2, -0.15) is 0 Å². The number of amidine groups is 1. The van der Waals surface area contributed by atoms with Gasteiger partial charge in [-0.3, -0.25) is 0 Å². The van der Waals surface area contributed by atoms with Crippen molar-refractivity contribution in [1.29, 1.82) is 0 Å². The predicted octanol–water partition coefficient (Wildman–Crippen LogP) is -0.795. The van der Waals surface area contributed by atoms with Gasteiger partial charge >= 0.3 is 87.5 Å². The molecule has 0 fully saturated rings. The standard InChI is InChI=1S/C8H10N2O3Se/c1-10(2)8-9-7(12)5(14-8)4-6(11)13-3/h4H,1-3H3/b5-4-. The summed E-state index contributed by atoms with van der Waals surface area (Å²) in [7, 11) is 4.91. The van der Waals surface area contributed by atoms with Gasteiger partial charge < -0.3 is 0 Å². The summed E-state index contributed by atoms with van der Waals surface area (Å²) in [6.45, 7) is 0. The molecule has 1 amide bonds. The van der Waals surface area contributed by atoms with Gasteiger partial charge in [-0.15, -0.1) is 0 Å². The van der Waals surface area contributed by atoms with Crippen LogP contribution in [0.25, 0.3) is 0 Å². The van der Waals surface area contributed by atoms with Crippen LogP contribution in [0.5, 0.6) is 0 Å². The minimum absolute atomic E-state index is 0.186. The molecule has 1 aliphatic rings. The SMILES string of the molecule is COC(=O)/C=C1\[Se]C(N(C)C)=NC1=O. The van der Waals surface area contributed by atoms with Gasteiger partial charge in [0.2, 0.25) is 0 Å². The fourth-order valence-electron chi connectivity index (χ4n) is 0.755. The van der Waals surface area contributed by atoms with Crippen molar-refractivity contribution in [2.75, 3.05) is 21.2 Å². The molecule has 76 valence electrons. The Morgan fingerprint density at radius 2 is 2.21 bits per heavy atom. The molecule has 1 rings (SSSR count). The molecule has 0 saturated heterocycles. The van der Waals surface area contributed by atoms with Gasteiger partial charge in [0.1, 0.15) is 0 Å². The van der Waals surface area contributed by atoms with E-state index in [0.717, 1.165) is 4.73 Å². The number of carbonyl (C=O) groups excluding carboxylic acids is 2. The Kier molecular flexibility index (Phi) is 3.43. The first-order chi connectivity index (χ1) is 6.54. The number of ether oxygens (including phenoxy) is 1. The minimum atomic E-state index is -0.509. The van der Waals surface area contributed by atoms with Gasteiger partial charge in [0, 0.05) is 0 Å². The fraction of sp³-hybridized carbons (Fsp3) is 0.375. The molecule has 6 heteroatoms. The third kappa shape index (κ3) is 2.43. The number of aliphatic imine (C=N–C) groups is 1. The summed E-state index contributed by atoms with van der Waals surface area (Å²) in [5, 5.41) is 0. The van der Waals surface area contributed by atoms with Crippen LogP contribution in [-0.4, -0.2) is 57.7 Å². The maximum absolute atomic E-state index is 11.3. The third-order valence-electron chi connectivity index (χ3n) is 1.44.